The predicted octanol–water partition coefficient (Wildman–Crippen LogP) is 1.22. The first-order valence-corrected chi connectivity index (χ1v) is 5.49. The van der Waals surface area contributed by atoms with Crippen molar-refractivity contribution in [1.82, 2.24) is 0 Å². The Hall–Kier alpha value is -0.0500. The SMILES string of the molecule is CC(C)C1(S(C)(=O)=O)CC1. The molecule has 0 aliphatic heterocycles. The Morgan fingerprint density at radius 3 is 1.70 bits per heavy atom. The highest BCUT2D eigenvalue weighted by atomic mass is 32.2. The molecule has 0 atom stereocenters. The summed E-state index contributed by atoms with van der Waals surface area (Å²) in [6.45, 7) is 3.96. The van der Waals surface area contributed by atoms with Crippen LogP contribution in [-0.4, -0.2) is 19.4 Å². The van der Waals surface area contributed by atoms with Gasteiger partial charge >= 0.3 is 0 Å². The smallest absolute Gasteiger partial charge is 0.153 e. The highest BCUT2D eigenvalue weighted by Gasteiger charge is 2.54. The van der Waals surface area contributed by atoms with Gasteiger partial charge in [-0.25, -0.2) is 8.42 Å². The quantitative estimate of drug-likeness (QED) is 0.612. The maximum atomic E-state index is 11.2. The summed E-state index contributed by atoms with van der Waals surface area (Å²) in [5.41, 5.74) is 0. The van der Waals surface area contributed by atoms with Gasteiger partial charge in [0.15, 0.2) is 9.84 Å². The van der Waals surface area contributed by atoms with Crippen molar-refractivity contribution in [2.24, 2.45) is 5.92 Å². The largest absolute Gasteiger partial charge is 0.229 e. The van der Waals surface area contributed by atoms with Gasteiger partial charge in [-0.3, -0.25) is 0 Å². The molecule has 0 bridgehead atoms. The van der Waals surface area contributed by atoms with E-state index in [4.69, 9.17) is 0 Å². The van der Waals surface area contributed by atoms with E-state index in [1.54, 1.807) is 0 Å². The summed E-state index contributed by atoms with van der Waals surface area (Å²) in [6.07, 6.45) is 3.08. The zero-order valence-corrected chi connectivity index (χ0v) is 7.53. The van der Waals surface area contributed by atoms with E-state index in [1.807, 2.05) is 13.8 Å². The zero-order chi connectivity index (χ0) is 7.99. The van der Waals surface area contributed by atoms with E-state index in [-0.39, 0.29) is 10.7 Å². The Morgan fingerprint density at radius 1 is 1.30 bits per heavy atom. The lowest BCUT2D eigenvalue weighted by Gasteiger charge is -2.16. The molecule has 2 nitrogen and oxygen atoms in total. The van der Waals surface area contributed by atoms with Crippen LogP contribution in [0.4, 0.5) is 0 Å². The van der Waals surface area contributed by atoms with Gasteiger partial charge in [0.05, 0.1) is 4.75 Å². The summed E-state index contributed by atoms with van der Waals surface area (Å²) in [5.74, 6) is 0.280. The van der Waals surface area contributed by atoms with Gasteiger partial charge in [-0.2, -0.15) is 0 Å². The Balaban J connectivity index is 2.91. The fourth-order valence-electron chi connectivity index (χ4n) is 1.50. The average molecular weight is 162 g/mol. The summed E-state index contributed by atoms with van der Waals surface area (Å²) < 4.78 is 22.0. The van der Waals surface area contributed by atoms with Crippen molar-refractivity contribution < 1.29 is 8.42 Å². The lowest BCUT2D eigenvalue weighted by Crippen LogP contribution is -2.27. The second-order valence-corrected chi connectivity index (χ2v) is 5.85. The summed E-state index contributed by atoms with van der Waals surface area (Å²) >= 11 is 0. The predicted molar refractivity (Wildman–Crippen MR) is 41.6 cm³/mol. The first-order valence-electron chi connectivity index (χ1n) is 3.60. The molecule has 60 valence electrons. The molecule has 0 spiro atoms. The van der Waals surface area contributed by atoms with Gasteiger partial charge in [0.2, 0.25) is 0 Å². The van der Waals surface area contributed by atoms with Crippen molar-refractivity contribution in [1.29, 1.82) is 0 Å². The molecule has 1 aliphatic rings. The molecule has 0 saturated heterocycles. The molecule has 0 heterocycles. The summed E-state index contributed by atoms with van der Waals surface area (Å²) in [6, 6.07) is 0. The van der Waals surface area contributed by atoms with Crippen molar-refractivity contribution in [3.63, 3.8) is 0 Å². The van der Waals surface area contributed by atoms with E-state index in [9.17, 15) is 8.42 Å². The lowest BCUT2D eigenvalue weighted by molar-refractivity contribution is 0.528. The number of hydrogen-bond donors (Lipinski definition) is 0. The Kier molecular flexibility index (Phi) is 1.59. The molecule has 1 aliphatic carbocycles. The second kappa shape index (κ2) is 1.97. The normalized spacial score (nSPS) is 23.2. The zero-order valence-electron chi connectivity index (χ0n) is 6.72. The molecule has 0 radical (unpaired) electrons. The standard InChI is InChI=1S/C7H14O2S/c1-6(2)7(4-5-7)10(3,8)9/h6H,4-5H2,1-3H3. The van der Waals surface area contributed by atoms with E-state index in [0.717, 1.165) is 12.8 Å². The van der Waals surface area contributed by atoms with Crippen LogP contribution in [-0.2, 0) is 9.84 Å². The lowest BCUT2D eigenvalue weighted by atomic mass is 10.1. The van der Waals surface area contributed by atoms with E-state index in [0.29, 0.717) is 0 Å². The Labute approximate surface area is 62.5 Å². The third-order valence-electron chi connectivity index (χ3n) is 2.53. The van der Waals surface area contributed by atoms with Crippen molar-refractivity contribution in [3.05, 3.63) is 0 Å². The molecule has 0 unspecified atom stereocenters. The van der Waals surface area contributed by atoms with Crippen molar-refractivity contribution in [2.45, 2.75) is 31.4 Å². The molecular formula is C7H14O2S. The number of sulfone groups is 1. The molecule has 0 aromatic carbocycles. The van der Waals surface area contributed by atoms with Crippen LogP contribution in [0, 0.1) is 5.92 Å². The maximum Gasteiger partial charge on any atom is 0.153 e. The van der Waals surface area contributed by atoms with E-state index >= 15 is 0 Å². The van der Waals surface area contributed by atoms with Gasteiger partial charge < -0.3 is 0 Å². The minimum absolute atomic E-state index is 0.280. The molecule has 0 amide bonds. The first kappa shape index (κ1) is 8.05. The van der Waals surface area contributed by atoms with Gasteiger partial charge in [0, 0.05) is 6.26 Å². The van der Waals surface area contributed by atoms with Gasteiger partial charge in [0.25, 0.3) is 0 Å². The van der Waals surface area contributed by atoms with Crippen LogP contribution >= 0.6 is 0 Å². The third kappa shape index (κ3) is 0.965. The van der Waals surface area contributed by atoms with Gasteiger partial charge in [-0.05, 0) is 18.8 Å². The fraction of sp³-hybridized carbons (Fsp3) is 1.00. The highest BCUT2D eigenvalue weighted by Crippen LogP contribution is 2.48. The molecule has 0 aromatic rings. The fourth-order valence-corrected chi connectivity index (χ4v) is 3.20. The van der Waals surface area contributed by atoms with Crippen LogP contribution in [0.5, 0.6) is 0 Å². The van der Waals surface area contributed by atoms with E-state index < -0.39 is 9.84 Å². The number of hydrogen-bond acceptors (Lipinski definition) is 2. The first-order chi connectivity index (χ1) is 4.40. The molecule has 0 aromatic heterocycles. The van der Waals surface area contributed by atoms with E-state index in [1.165, 1.54) is 6.26 Å². The molecule has 1 rings (SSSR count). The molecule has 0 N–H and O–H groups in total. The minimum Gasteiger partial charge on any atom is -0.229 e. The van der Waals surface area contributed by atoms with Gasteiger partial charge in [0.1, 0.15) is 0 Å². The van der Waals surface area contributed by atoms with Crippen LogP contribution in [0.3, 0.4) is 0 Å². The molecule has 1 saturated carbocycles. The maximum absolute atomic E-state index is 11.2. The van der Waals surface area contributed by atoms with Crippen LogP contribution in [0.25, 0.3) is 0 Å². The second-order valence-electron chi connectivity index (χ2n) is 3.49. The molecular weight excluding hydrogens is 148 g/mol. The Bertz CT molecular complexity index is 222. The van der Waals surface area contributed by atoms with Crippen molar-refractivity contribution >= 4 is 9.84 Å². The third-order valence-corrected chi connectivity index (χ3v) is 4.89. The van der Waals surface area contributed by atoms with Gasteiger partial charge in [-0.15, -0.1) is 0 Å². The molecule has 10 heavy (non-hydrogen) atoms. The topological polar surface area (TPSA) is 34.1 Å². The highest BCUT2D eigenvalue weighted by molar-refractivity contribution is 7.92. The summed E-state index contributed by atoms with van der Waals surface area (Å²) in [4.78, 5) is 0. The monoisotopic (exact) mass is 162 g/mol. The van der Waals surface area contributed by atoms with E-state index in [2.05, 4.69) is 0 Å². The van der Waals surface area contributed by atoms with Crippen LogP contribution in [0.15, 0.2) is 0 Å². The molecule has 1 fully saturated rings. The minimum atomic E-state index is -2.79. The van der Waals surface area contributed by atoms with Crippen LogP contribution < -0.4 is 0 Å². The molecule has 3 heteroatoms. The van der Waals surface area contributed by atoms with Crippen LogP contribution in [0.1, 0.15) is 26.7 Å². The van der Waals surface area contributed by atoms with Crippen molar-refractivity contribution in [3.8, 4) is 0 Å². The van der Waals surface area contributed by atoms with Crippen LogP contribution in [0.2, 0.25) is 0 Å². The Morgan fingerprint density at radius 2 is 1.70 bits per heavy atom. The number of rotatable bonds is 2. The average Bonchev–Trinajstić information content (AvgIpc) is 2.36. The van der Waals surface area contributed by atoms with Gasteiger partial charge in [-0.1, -0.05) is 13.8 Å². The summed E-state index contributed by atoms with van der Waals surface area (Å²) in [7, 11) is -2.79. The van der Waals surface area contributed by atoms with Crippen molar-refractivity contribution in [2.75, 3.05) is 6.26 Å². The summed E-state index contributed by atoms with van der Waals surface area (Å²) in [5, 5.41) is 0.